The molecule has 0 aliphatic carbocycles. The Bertz CT molecular complexity index is 380. The van der Waals surface area contributed by atoms with Crippen molar-refractivity contribution in [2.75, 3.05) is 11.9 Å². The molecule has 5 heteroatoms. The quantitative estimate of drug-likeness (QED) is 0.803. The standard InChI is InChI=1S/C12H20BrN3O/c1-9(2)16-11(14-8-15-16)6-12(7-13)4-5-17-10(12)3/h8-10H,4-7H2,1-3H3. The van der Waals surface area contributed by atoms with Crippen molar-refractivity contribution < 1.29 is 4.74 Å². The van der Waals surface area contributed by atoms with Gasteiger partial charge in [-0.15, -0.1) is 0 Å². The van der Waals surface area contributed by atoms with Gasteiger partial charge in [0.15, 0.2) is 0 Å². The van der Waals surface area contributed by atoms with E-state index >= 15 is 0 Å². The van der Waals surface area contributed by atoms with Crippen LogP contribution in [0.25, 0.3) is 0 Å². The third-order valence-corrected chi connectivity index (χ3v) is 4.86. The van der Waals surface area contributed by atoms with Gasteiger partial charge in [-0.3, -0.25) is 0 Å². The molecule has 2 heterocycles. The average molecular weight is 302 g/mol. The Hall–Kier alpha value is -0.420. The van der Waals surface area contributed by atoms with Crippen LogP contribution in [0.4, 0.5) is 0 Å². The number of halogens is 1. The van der Waals surface area contributed by atoms with Crippen LogP contribution in [0.15, 0.2) is 6.33 Å². The molecule has 0 N–H and O–H groups in total. The Balaban J connectivity index is 2.21. The summed E-state index contributed by atoms with van der Waals surface area (Å²) < 4.78 is 7.73. The van der Waals surface area contributed by atoms with E-state index in [4.69, 9.17) is 4.74 Å². The molecule has 1 aliphatic heterocycles. The van der Waals surface area contributed by atoms with Crippen LogP contribution in [0, 0.1) is 5.41 Å². The number of alkyl halides is 1. The Labute approximate surface area is 111 Å². The summed E-state index contributed by atoms with van der Waals surface area (Å²) in [4.78, 5) is 4.40. The number of rotatable bonds is 4. The van der Waals surface area contributed by atoms with Crippen LogP contribution >= 0.6 is 15.9 Å². The Morgan fingerprint density at radius 3 is 2.94 bits per heavy atom. The van der Waals surface area contributed by atoms with Gasteiger partial charge in [0.1, 0.15) is 12.2 Å². The molecule has 0 spiro atoms. The lowest BCUT2D eigenvalue weighted by Gasteiger charge is -2.30. The highest BCUT2D eigenvalue weighted by atomic mass is 79.9. The summed E-state index contributed by atoms with van der Waals surface area (Å²) in [6.45, 7) is 7.27. The SMILES string of the molecule is CC(C)n1ncnc1CC1(CBr)CCOC1C. The second-order valence-electron chi connectivity index (χ2n) is 5.15. The molecule has 1 aromatic rings. The summed E-state index contributed by atoms with van der Waals surface area (Å²) in [5.74, 6) is 1.07. The molecule has 2 atom stereocenters. The van der Waals surface area contributed by atoms with E-state index in [9.17, 15) is 0 Å². The molecule has 17 heavy (non-hydrogen) atoms. The van der Waals surface area contributed by atoms with Crippen LogP contribution < -0.4 is 0 Å². The summed E-state index contributed by atoms with van der Waals surface area (Å²) in [6.07, 6.45) is 3.94. The van der Waals surface area contributed by atoms with Gasteiger partial charge >= 0.3 is 0 Å². The summed E-state index contributed by atoms with van der Waals surface area (Å²) in [5.41, 5.74) is 0.166. The van der Waals surface area contributed by atoms with Crippen LogP contribution in [0.3, 0.4) is 0 Å². The Kier molecular flexibility index (Phi) is 3.88. The first-order valence-corrected chi connectivity index (χ1v) is 7.27. The summed E-state index contributed by atoms with van der Waals surface area (Å²) >= 11 is 3.64. The number of hydrogen-bond acceptors (Lipinski definition) is 3. The second-order valence-corrected chi connectivity index (χ2v) is 5.71. The number of hydrogen-bond donors (Lipinski definition) is 0. The lowest BCUT2D eigenvalue weighted by molar-refractivity contribution is 0.0731. The highest BCUT2D eigenvalue weighted by Crippen LogP contribution is 2.39. The van der Waals surface area contributed by atoms with Crippen LogP contribution in [-0.4, -0.2) is 32.8 Å². The van der Waals surface area contributed by atoms with Gasteiger partial charge in [-0.05, 0) is 27.2 Å². The van der Waals surface area contributed by atoms with Gasteiger partial charge < -0.3 is 4.74 Å². The van der Waals surface area contributed by atoms with E-state index in [0.29, 0.717) is 6.04 Å². The first-order valence-electron chi connectivity index (χ1n) is 6.15. The van der Waals surface area contributed by atoms with Gasteiger partial charge in [-0.2, -0.15) is 5.10 Å². The van der Waals surface area contributed by atoms with Gasteiger partial charge in [-0.25, -0.2) is 9.67 Å². The van der Waals surface area contributed by atoms with Crippen LogP contribution in [-0.2, 0) is 11.2 Å². The molecule has 0 saturated carbocycles. The van der Waals surface area contributed by atoms with Gasteiger partial charge in [0.2, 0.25) is 0 Å². The minimum Gasteiger partial charge on any atom is -0.378 e. The highest BCUT2D eigenvalue weighted by molar-refractivity contribution is 9.09. The van der Waals surface area contributed by atoms with E-state index in [1.165, 1.54) is 0 Å². The largest absolute Gasteiger partial charge is 0.378 e. The minimum absolute atomic E-state index is 0.166. The van der Waals surface area contributed by atoms with Crippen molar-refractivity contribution >= 4 is 15.9 Å². The van der Waals surface area contributed by atoms with Gasteiger partial charge in [0.25, 0.3) is 0 Å². The van der Waals surface area contributed by atoms with Gasteiger partial charge in [0, 0.05) is 29.8 Å². The van der Waals surface area contributed by atoms with Gasteiger partial charge in [-0.1, -0.05) is 15.9 Å². The first-order chi connectivity index (χ1) is 8.09. The lowest BCUT2D eigenvalue weighted by Crippen LogP contribution is -2.34. The molecular formula is C12H20BrN3O. The van der Waals surface area contributed by atoms with Crippen molar-refractivity contribution in [3.8, 4) is 0 Å². The lowest BCUT2D eigenvalue weighted by atomic mass is 9.80. The fraction of sp³-hybridized carbons (Fsp3) is 0.833. The molecule has 0 bridgehead atoms. The zero-order chi connectivity index (χ0) is 12.5. The maximum absolute atomic E-state index is 5.72. The predicted octanol–water partition coefficient (Wildman–Crippen LogP) is 2.59. The first kappa shape index (κ1) is 13.0. The van der Waals surface area contributed by atoms with E-state index in [1.54, 1.807) is 6.33 Å². The zero-order valence-electron chi connectivity index (χ0n) is 10.7. The van der Waals surface area contributed by atoms with Crippen molar-refractivity contribution in [2.24, 2.45) is 5.41 Å². The fourth-order valence-electron chi connectivity index (χ4n) is 2.42. The predicted molar refractivity (Wildman–Crippen MR) is 70.4 cm³/mol. The van der Waals surface area contributed by atoms with Gasteiger partial charge in [0.05, 0.1) is 6.10 Å². The molecule has 96 valence electrons. The van der Waals surface area contributed by atoms with Crippen LogP contribution in [0.5, 0.6) is 0 Å². The molecule has 1 aromatic heterocycles. The van der Waals surface area contributed by atoms with Crippen LogP contribution in [0.2, 0.25) is 0 Å². The molecule has 0 amide bonds. The van der Waals surface area contributed by atoms with Crippen molar-refractivity contribution in [1.29, 1.82) is 0 Å². The summed E-state index contributed by atoms with van der Waals surface area (Å²) in [5, 5.41) is 5.25. The molecule has 1 saturated heterocycles. The molecule has 2 rings (SSSR count). The zero-order valence-corrected chi connectivity index (χ0v) is 12.3. The topological polar surface area (TPSA) is 39.9 Å². The monoisotopic (exact) mass is 301 g/mol. The summed E-state index contributed by atoms with van der Waals surface area (Å²) in [6, 6.07) is 0.359. The fourth-order valence-corrected chi connectivity index (χ4v) is 3.36. The van der Waals surface area contributed by atoms with E-state index in [2.05, 4.69) is 46.8 Å². The average Bonchev–Trinajstić information content (AvgIpc) is 2.87. The number of ether oxygens (including phenoxy) is 1. The Morgan fingerprint density at radius 2 is 2.41 bits per heavy atom. The van der Waals surface area contributed by atoms with E-state index in [0.717, 1.165) is 30.6 Å². The molecule has 1 aliphatic rings. The molecular weight excluding hydrogens is 282 g/mol. The van der Waals surface area contributed by atoms with E-state index in [-0.39, 0.29) is 11.5 Å². The highest BCUT2D eigenvalue weighted by Gasteiger charge is 2.41. The van der Waals surface area contributed by atoms with Crippen molar-refractivity contribution in [3.05, 3.63) is 12.2 Å². The maximum Gasteiger partial charge on any atom is 0.138 e. The van der Waals surface area contributed by atoms with Crippen molar-refractivity contribution in [1.82, 2.24) is 14.8 Å². The smallest absolute Gasteiger partial charge is 0.138 e. The molecule has 0 radical (unpaired) electrons. The number of aromatic nitrogens is 3. The van der Waals surface area contributed by atoms with Crippen molar-refractivity contribution in [2.45, 2.75) is 45.8 Å². The normalized spacial score (nSPS) is 29.1. The molecule has 4 nitrogen and oxygen atoms in total. The Morgan fingerprint density at radius 1 is 1.65 bits per heavy atom. The molecule has 0 aromatic carbocycles. The van der Waals surface area contributed by atoms with Crippen molar-refractivity contribution in [3.63, 3.8) is 0 Å². The van der Waals surface area contributed by atoms with E-state index < -0.39 is 0 Å². The second kappa shape index (κ2) is 5.06. The third-order valence-electron chi connectivity index (χ3n) is 3.74. The summed E-state index contributed by atoms with van der Waals surface area (Å²) in [7, 11) is 0. The third kappa shape index (κ3) is 2.40. The van der Waals surface area contributed by atoms with E-state index in [1.807, 2.05) is 4.68 Å². The minimum atomic E-state index is 0.166. The molecule has 1 fully saturated rings. The van der Waals surface area contributed by atoms with Crippen LogP contribution in [0.1, 0.15) is 39.1 Å². The maximum atomic E-state index is 5.72. The number of nitrogens with zero attached hydrogens (tertiary/aromatic N) is 3. The molecule has 2 unspecified atom stereocenters.